The summed E-state index contributed by atoms with van der Waals surface area (Å²) < 4.78 is 0. The largest absolute Gasteiger partial charge is 0.481 e. The van der Waals surface area contributed by atoms with Gasteiger partial charge in [-0.25, -0.2) is 9.59 Å². The average Bonchev–Trinajstić information content (AvgIpc) is 3.34. The summed E-state index contributed by atoms with van der Waals surface area (Å²) in [6.07, 6.45) is 2.51. The molecule has 408 valence electrons. The van der Waals surface area contributed by atoms with Gasteiger partial charge in [0.1, 0.15) is 18.1 Å². The number of thiocarbonyl (C=S) groups is 1. The number of carboxylic acids is 6. The molecular weight excluding hydrogens is 987 g/mol. The molecule has 0 unspecified atom stereocenters. The number of aliphatic carboxylic acids is 6. The number of nitrogens with one attached hydrogen (secondary N) is 5. The summed E-state index contributed by atoms with van der Waals surface area (Å²) in [7, 11) is 0. The van der Waals surface area contributed by atoms with E-state index in [1.165, 1.54) is 0 Å². The van der Waals surface area contributed by atoms with Crippen LogP contribution in [0.1, 0.15) is 63.4 Å². The molecule has 2 aliphatic rings. The number of hydrogen-bond donors (Lipinski definition) is 11. The van der Waals surface area contributed by atoms with Crippen molar-refractivity contribution in [2.24, 2.45) is 11.8 Å². The van der Waals surface area contributed by atoms with E-state index in [4.69, 9.17) is 17.3 Å². The van der Waals surface area contributed by atoms with Gasteiger partial charge in [0.05, 0.1) is 26.2 Å². The number of fused-ring (bicyclic) bond motifs is 1. The summed E-state index contributed by atoms with van der Waals surface area (Å²) in [5.41, 5.74) is 0.823. The molecule has 4 rings (SSSR count). The lowest BCUT2D eigenvalue weighted by Crippen LogP contribution is -2.51. The first-order chi connectivity index (χ1) is 35.2. The van der Waals surface area contributed by atoms with Crippen molar-refractivity contribution in [2.75, 3.05) is 91.6 Å². The normalized spacial score (nSPS) is 18.8. The van der Waals surface area contributed by atoms with Gasteiger partial charge < -0.3 is 57.2 Å². The van der Waals surface area contributed by atoms with Gasteiger partial charge in [0.25, 0.3) is 0 Å². The van der Waals surface area contributed by atoms with Crippen LogP contribution in [0.4, 0.5) is 0 Å². The molecule has 0 bridgehead atoms. The standard InChI is InChI=1S/C49H71N9O15S/c59-40(28-55-17-19-56(29-42(62)63)21-23-58(31-44(66)67)24-22-57(20-18-55)30-43(64)65)51-27-32-8-12-35(13-9-32)45(68)52-39(26-33-10-11-34-5-1-2-6-36(34)25-33)46(69)50-16-4-3-7-37(47(70)71)53-49(74)54-38(48(72)73)14-15-41(60)61/h1-2,5-6,10-11,25,32,35,37-39H,3-4,7-9,12-24,26-31H2,(H,50,69)(H,51,59)(H,52,68)(H,60,61)(H,62,63)(H,64,65)(H,66,67)(H,70,71)(H,72,73)(H2,53,54,74)/t32?,35?,37-,38-,39-/m0/s1. The number of hydrogen-bond acceptors (Lipinski definition) is 14. The Morgan fingerprint density at radius 1 is 0.554 bits per heavy atom. The molecule has 1 aliphatic heterocycles. The van der Waals surface area contributed by atoms with Crippen molar-refractivity contribution >= 4 is 81.6 Å². The molecule has 1 saturated carbocycles. The Morgan fingerprint density at radius 3 is 1.55 bits per heavy atom. The van der Waals surface area contributed by atoms with Crippen molar-refractivity contribution in [3.05, 3.63) is 48.0 Å². The predicted octanol–water partition coefficient (Wildman–Crippen LogP) is -0.213. The Bertz CT molecular complexity index is 2230. The van der Waals surface area contributed by atoms with Crippen molar-refractivity contribution in [3.8, 4) is 0 Å². The van der Waals surface area contributed by atoms with Crippen LogP contribution in [0.25, 0.3) is 10.8 Å². The molecule has 1 aliphatic carbocycles. The van der Waals surface area contributed by atoms with E-state index in [-0.39, 0.29) is 120 Å². The highest BCUT2D eigenvalue weighted by Gasteiger charge is 2.31. The zero-order valence-electron chi connectivity index (χ0n) is 41.5. The molecule has 0 spiro atoms. The SMILES string of the molecule is O=C(O)CC[C@H](NC(=S)N[C@@H](CCCCNC(=O)[C@H](Cc1ccc2ccccc2c1)NC(=O)C1CCC(CNC(=O)CN2CCN(CC(=O)O)CCN(CC(=O)O)CCN(CC(=O)O)CC2)CC1)C(=O)O)C(=O)O. The van der Waals surface area contributed by atoms with E-state index in [0.717, 1.165) is 16.3 Å². The number of carboxylic acid groups (broad SMARTS) is 6. The number of unbranched alkanes of at least 4 members (excludes halogenated alkanes) is 1. The highest BCUT2D eigenvalue weighted by atomic mass is 32.1. The van der Waals surface area contributed by atoms with Crippen molar-refractivity contribution in [1.82, 2.24) is 46.2 Å². The van der Waals surface area contributed by atoms with Crippen LogP contribution in [0.15, 0.2) is 42.5 Å². The number of amides is 3. The first-order valence-electron chi connectivity index (χ1n) is 24.9. The lowest BCUT2D eigenvalue weighted by molar-refractivity contribution is -0.141. The third-order valence-electron chi connectivity index (χ3n) is 13.1. The summed E-state index contributed by atoms with van der Waals surface area (Å²) in [6, 6.07) is 10.1. The number of carbonyl (C=O) groups is 9. The molecule has 2 aromatic rings. The van der Waals surface area contributed by atoms with Crippen LogP contribution >= 0.6 is 12.2 Å². The summed E-state index contributed by atoms with van der Waals surface area (Å²) in [6.45, 7) is 1.85. The molecule has 3 atom stereocenters. The lowest BCUT2D eigenvalue weighted by atomic mass is 9.81. The molecule has 1 heterocycles. The first-order valence-corrected chi connectivity index (χ1v) is 25.3. The van der Waals surface area contributed by atoms with Crippen LogP contribution in [0, 0.1) is 11.8 Å². The highest BCUT2D eigenvalue weighted by molar-refractivity contribution is 7.80. The topological polar surface area (TPSA) is 348 Å². The van der Waals surface area contributed by atoms with Gasteiger partial charge in [-0.2, -0.15) is 0 Å². The van der Waals surface area contributed by atoms with Crippen molar-refractivity contribution < 1.29 is 73.8 Å². The van der Waals surface area contributed by atoms with Crippen LogP contribution in [0.2, 0.25) is 0 Å². The first kappa shape index (κ1) is 60.0. The Hall–Kier alpha value is -6.54. The monoisotopic (exact) mass is 1060 g/mol. The minimum absolute atomic E-state index is 0.0207. The van der Waals surface area contributed by atoms with Gasteiger partial charge in [-0.1, -0.05) is 42.5 Å². The lowest BCUT2D eigenvalue weighted by Gasteiger charge is -2.33. The molecule has 3 amide bonds. The molecule has 74 heavy (non-hydrogen) atoms. The summed E-state index contributed by atoms with van der Waals surface area (Å²) in [5, 5.41) is 72.2. The van der Waals surface area contributed by atoms with E-state index in [9.17, 15) is 68.7 Å². The van der Waals surface area contributed by atoms with Crippen LogP contribution < -0.4 is 26.6 Å². The zero-order chi connectivity index (χ0) is 54.2. The van der Waals surface area contributed by atoms with Gasteiger partial charge in [0.2, 0.25) is 17.7 Å². The van der Waals surface area contributed by atoms with Crippen LogP contribution in [-0.2, 0) is 49.6 Å². The minimum atomic E-state index is -1.35. The van der Waals surface area contributed by atoms with Gasteiger partial charge in [0.15, 0.2) is 5.11 Å². The van der Waals surface area contributed by atoms with E-state index in [1.54, 1.807) is 14.7 Å². The second-order valence-electron chi connectivity index (χ2n) is 18.9. The molecule has 11 N–H and O–H groups in total. The van der Waals surface area contributed by atoms with Crippen LogP contribution in [0.3, 0.4) is 0 Å². The van der Waals surface area contributed by atoms with Gasteiger partial charge in [-0.3, -0.25) is 53.2 Å². The van der Waals surface area contributed by atoms with Crippen molar-refractivity contribution in [2.45, 2.75) is 82.3 Å². The third kappa shape index (κ3) is 22.7. The summed E-state index contributed by atoms with van der Waals surface area (Å²) in [5.74, 6) is -8.22. The quantitative estimate of drug-likeness (QED) is 0.0407. The van der Waals surface area contributed by atoms with Crippen molar-refractivity contribution in [1.29, 1.82) is 0 Å². The predicted molar refractivity (Wildman–Crippen MR) is 272 cm³/mol. The van der Waals surface area contributed by atoms with Crippen LogP contribution in [0.5, 0.6) is 0 Å². The Labute approximate surface area is 434 Å². The van der Waals surface area contributed by atoms with Crippen LogP contribution in [-0.4, -0.2) is 219 Å². The Morgan fingerprint density at radius 2 is 1.05 bits per heavy atom. The number of nitrogens with zero attached hydrogens (tertiary/aromatic N) is 4. The number of rotatable bonds is 27. The maximum atomic E-state index is 13.8. The molecule has 2 aromatic carbocycles. The smallest absolute Gasteiger partial charge is 0.326 e. The fraction of sp³-hybridized carbons (Fsp3) is 0.592. The maximum Gasteiger partial charge on any atom is 0.326 e. The summed E-state index contributed by atoms with van der Waals surface area (Å²) >= 11 is 5.11. The van der Waals surface area contributed by atoms with Gasteiger partial charge >= 0.3 is 35.8 Å². The number of carbonyl (C=O) groups excluding carboxylic acids is 3. The Balaban J connectivity index is 1.30. The molecule has 1 saturated heterocycles. The zero-order valence-corrected chi connectivity index (χ0v) is 42.3. The minimum Gasteiger partial charge on any atom is -0.481 e. The molecule has 25 heteroatoms. The van der Waals surface area contributed by atoms with E-state index in [0.29, 0.717) is 58.2 Å². The van der Waals surface area contributed by atoms with Crippen molar-refractivity contribution in [3.63, 3.8) is 0 Å². The fourth-order valence-electron chi connectivity index (χ4n) is 8.98. The van der Waals surface area contributed by atoms with E-state index < -0.39 is 66.3 Å². The second kappa shape index (κ2) is 31.3. The fourth-order valence-corrected chi connectivity index (χ4v) is 9.26. The third-order valence-corrected chi connectivity index (χ3v) is 13.4. The molecule has 0 radical (unpaired) electrons. The second-order valence-corrected chi connectivity index (χ2v) is 19.3. The molecular formula is C49H71N9O15S. The van der Waals surface area contributed by atoms with E-state index in [1.807, 2.05) is 47.4 Å². The molecule has 24 nitrogen and oxygen atoms in total. The van der Waals surface area contributed by atoms with E-state index >= 15 is 0 Å². The summed E-state index contributed by atoms with van der Waals surface area (Å²) in [4.78, 5) is 117. The van der Waals surface area contributed by atoms with Gasteiger partial charge in [-0.05, 0) is 85.8 Å². The molecule has 2 fully saturated rings. The number of benzene rings is 2. The highest BCUT2D eigenvalue weighted by Crippen LogP contribution is 2.29. The maximum absolute atomic E-state index is 13.8. The van der Waals surface area contributed by atoms with Gasteiger partial charge in [0, 0.05) is 84.2 Å². The van der Waals surface area contributed by atoms with E-state index in [2.05, 4.69) is 26.6 Å². The molecule has 0 aromatic heterocycles. The Kier molecular flexibility index (Phi) is 25.3. The van der Waals surface area contributed by atoms with Gasteiger partial charge in [-0.15, -0.1) is 0 Å². The average molecular weight is 1060 g/mol.